The molecule has 0 fully saturated rings. The molecule has 0 aromatic heterocycles. The van der Waals surface area contributed by atoms with E-state index in [9.17, 15) is 9.59 Å². The molecule has 22 heavy (non-hydrogen) atoms. The normalized spacial score (nSPS) is 12.4. The Bertz CT molecular complexity index is 518. The summed E-state index contributed by atoms with van der Waals surface area (Å²) in [5.74, 6) is -0.241. The summed E-state index contributed by atoms with van der Waals surface area (Å²) in [6.45, 7) is 8.18. The zero-order valence-corrected chi connectivity index (χ0v) is 13.8. The van der Waals surface area contributed by atoms with Gasteiger partial charge in [-0.2, -0.15) is 0 Å². The van der Waals surface area contributed by atoms with Crippen molar-refractivity contribution in [2.45, 2.75) is 46.1 Å². The van der Waals surface area contributed by atoms with Crippen LogP contribution in [-0.4, -0.2) is 24.5 Å². The lowest BCUT2D eigenvalue weighted by Gasteiger charge is -2.11. The van der Waals surface area contributed by atoms with Gasteiger partial charge in [-0.15, -0.1) is 0 Å². The van der Waals surface area contributed by atoms with Crippen molar-refractivity contribution in [2.75, 3.05) is 6.61 Å². The molecule has 0 saturated carbocycles. The molecular formula is C18H25NO3. The van der Waals surface area contributed by atoms with Crippen LogP contribution in [0.3, 0.4) is 0 Å². The lowest BCUT2D eigenvalue weighted by Crippen LogP contribution is -2.38. The largest absolute Gasteiger partial charge is 0.464 e. The monoisotopic (exact) mass is 303 g/mol. The van der Waals surface area contributed by atoms with Gasteiger partial charge in [-0.25, -0.2) is 4.79 Å². The van der Waals surface area contributed by atoms with Gasteiger partial charge in [0.05, 0.1) is 6.61 Å². The zero-order chi connectivity index (χ0) is 16.5. The van der Waals surface area contributed by atoms with Gasteiger partial charge in [0, 0.05) is 6.08 Å². The first kappa shape index (κ1) is 18.0. The topological polar surface area (TPSA) is 55.4 Å². The van der Waals surface area contributed by atoms with Gasteiger partial charge in [0.1, 0.15) is 6.04 Å². The van der Waals surface area contributed by atoms with Crippen LogP contribution in [0.25, 0.3) is 6.08 Å². The van der Waals surface area contributed by atoms with E-state index in [1.165, 1.54) is 11.6 Å². The number of amides is 1. The maximum atomic E-state index is 11.8. The summed E-state index contributed by atoms with van der Waals surface area (Å²) in [4.78, 5) is 23.3. The van der Waals surface area contributed by atoms with Crippen LogP contribution < -0.4 is 5.32 Å². The molecule has 1 rings (SSSR count). The van der Waals surface area contributed by atoms with Gasteiger partial charge in [0.25, 0.3) is 0 Å². The average Bonchev–Trinajstić information content (AvgIpc) is 2.50. The summed E-state index contributed by atoms with van der Waals surface area (Å²) >= 11 is 0. The Morgan fingerprint density at radius 3 is 2.36 bits per heavy atom. The van der Waals surface area contributed by atoms with Crippen molar-refractivity contribution in [2.24, 2.45) is 0 Å². The van der Waals surface area contributed by atoms with Crippen molar-refractivity contribution in [1.82, 2.24) is 5.32 Å². The molecule has 0 aliphatic heterocycles. The minimum absolute atomic E-state index is 0.311. The van der Waals surface area contributed by atoms with Crippen molar-refractivity contribution >= 4 is 18.0 Å². The first-order valence-electron chi connectivity index (χ1n) is 7.69. The van der Waals surface area contributed by atoms with Gasteiger partial charge < -0.3 is 10.1 Å². The van der Waals surface area contributed by atoms with Crippen molar-refractivity contribution in [3.8, 4) is 0 Å². The Hall–Kier alpha value is -2.10. The predicted molar refractivity (Wildman–Crippen MR) is 88.4 cm³/mol. The van der Waals surface area contributed by atoms with Crippen LogP contribution >= 0.6 is 0 Å². The Labute approximate surface area is 132 Å². The molecule has 4 nitrogen and oxygen atoms in total. The molecular weight excluding hydrogens is 278 g/mol. The van der Waals surface area contributed by atoms with Crippen LogP contribution in [-0.2, 0) is 14.3 Å². The summed E-state index contributed by atoms with van der Waals surface area (Å²) in [7, 11) is 0. The molecule has 4 heteroatoms. The molecule has 1 atom stereocenters. The third-order valence-electron chi connectivity index (χ3n) is 3.19. The highest BCUT2D eigenvalue weighted by atomic mass is 16.5. The molecule has 0 aliphatic carbocycles. The van der Waals surface area contributed by atoms with E-state index in [-0.39, 0.29) is 5.91 Å². The number of carbonyl (C=O) groups is 2. The van der Waals surface area contributed by atoms with Crippen LogP contribution in [0.4, 0.5) is 0 Å². The number of ether oxygens (including phenoxy) is 1. The fraction of sp³-hybridized carbons (Fsp3) is 0.444. The Morgan fingerprint density at radius 1 is 1.18 bits per heavy atom. The molecule has 0 aliphatic rings. The van der Waals surface area contributed by atoms with E-state index < -0.39 is 12.0 Å². The first-order chi connectivity index (χ1) is 10.4. The summed E-state index contributed by atoms with van der Waals surface area (Å²) in [5.41, 5.74) is 2.20. The van der Waals surface area contributed by atoms with Crippen LogP contribution in [0, 0.1) is 0 Å². The van der Waals surface area contributed by atoms with Gasteiger partial charge in [0.15, 0.2) is 0 Å². The molecule has 0 heterocycles. The van der Waals surface area contributed by atoms with Gasteiger partial charge in [-0.3, -0.25) is 4.79 Å². The van der Waals surface area contributed by atoms with Crippen LogP contribution in [0.15, 0.2) is 30.3 Å². The number of esters is 1. The number of carbonyl (C=O) groups excluding carboxylic acids is 2. The Balaban J connectivity index is 2.51. The molecule has 1 N–H and O–H groups in total. The van der Waals surface area contributed by atoms with E-state index >= 15 is 0 Å². The average molecular weight is 303 g/mol. The maximum Gasteiger partial charge on any atom is 0.328 e. The van der Waals surface area contributed by atoms with Crippen molar-refractivity contribution in [3.63, 3.8) is 0 Å². The quantitative estimate of drug-likeness (QED) is 0.621. The fourth-order valence-corrected chi connectivity index (χ4v) is 1.81. The number of hydrogen-bond donors (Lipinski definition) is 1. The van der Waals surface area contributed by atoms with Crippen molar-refractivity contribution in [3.05, 3.63) is 41.5 Å². The molecule has 120 valence electrons. The van der Waals surface area contributed by atoms with Crippen LogP contribution in [0.5, 0.6) is 0 Å². The Morgan fingerprint density at radius 2 is 1.82 bits per heavy atom. The minimum Gasteiger partial charge on any atom is -0.464 e. The second-order valence-electron chi connectivity index (χ2n) is 5.55. The third-order valence-corrected chi connectivity index (χ3v) is 3.19. The smallest absolute Gasteiger partial charge is 0.328 e. The van der Waals surface area contributed by atoms with E-state index in [1.807, 2.05) is 31.2 Å². The number of benzene rings is 1. The van der Waals surface area contributed by atoms with Crippen molar-refractivity contribution in [1.29, 1.82) is 0 Å². The molecule has 0 bridgehead atoms. The number of nitrogens with one attached hydrogen (secondary N) is 1. The van der Waals surface area contributed by atoms with Gasteiger partial charge in [-0.05, 0) is 36.5 Å². The van der Waals surface area contributed by atoms with E-state index in [0.29, 0.717) is 12.5 Å². The highest BCUT2D eigenvalue weighted by Gasteiger charge is 2.15. The fourth-order valence-electron chi connectivity index (χ4n) is 1.81. The van der Waals surface area contributed by atoms with Gasteiger partial charge in [0.2, 0.25) is 5.91 Å². The second kappa shape index (κ2) is 9.03. The lowest BCUT2D eigenvalue weighted by atomic mass is 10.0. The SMILES string of the molecule is CCCOC(=O)[C@@H](C)NC(=O)/C=C/c1ccc(C(C)C)cc1. The molecule has 0 radical (unpaired) electrons. The van der Waals surface area contributed by atoms with E-state index in [0.717, 1.165) is 12.0 Å². The predicted octanol–water partition coefficient (Wildman–Crippen LogP) is 3.28. The van der Waals surface area contributed by atoms with Crippen LogP contribution in [0.1, 0.15) is 51.2 Å². The minimum atomic E-state index is -0.646. The maximum absolute atomic E-state index is 11.8. The van der Waals surface area contributed by atoms with Gasteiger partial charge >= 0.3 is 5.97 Å². The van der Waals surface area contributed by atoms with Crippen molar-refractivity contribution < 1.29 is 14.3 Å². The lowest BCUT2D eigenvalue weighted by molar-refractivity contribution is -0.146. The highest BCUT2D eigenvalue weighted by molar-refractivity contribution is 5.94. The summed E-state index contributed by atoms with van der Waals surface area (Å²) in [5, 5.41) is 2.59. The van der Waals surface area contributed by atoms with Gasteiger partial charge in [-0.1, -0.05) is 45.0 Å². The van der Waals surface area contributed by atoms with E-state index in [4.69, 9.17) is 4.74 Å². The number of rotatable bonds is 7. The van der Waals surface area contributed by atoms with E-state index in [1.54, 1.807) is 13.0 Å². The first-order valence-corrected chi connectivity index (χ1v) is 7.69. The second-order valence-corrected chi connectivity index (χ2v) is 5.55. The molecule has 0 unspecified atom stereocenters. The van der Waals surface area contributed by atoms with E-state index in [2.05, 4.69) is 19.2 Å². The molecule has 1 amide bonds. The molecule has 0 spiro atoms. The molecule has 1 aromatic rings. The Kier molecular flexibility index (Phi) is 7.37. The molecule has 0 saturated heterocycles. The third kappa shape index (κ3) is 6.12. The molecule has 1 aromatic carbocycles. The number of hydrogen-bond acceptors (Lipinski definition) is 3. The summed E-state index contributed by atoms with van der Waals surface area (Å²) in [6, 6.07) is 7.39. The zero-order valence-electron chi connectivity index (χ0n) is 13.8. The van der Waals surface area contributed by atoms with Crippen LogP contribution in [0.2, 0.25) is 0 Å². The highest BCUT2D eigenvalue weighted by Crippen LogP contribution is 2.15. The standard InChI is InChI=1S/C18H25NO3/c1-5-12-22-18(21)14(4)19-17(20)11-8-15-6-9-16(10-7-15)13(2)3/h6-11,13-14H,5,12H2,1-4H3,(H,19,20)/b11-8+/t14-/m1/s1. The summed E-state index contributed by atoms with van der Waals surface area (Å²) < 4.78 is 4.97. The summed E-state index contributed by atoms with van der Waals surface area (Å²) in [6.07, 6.45) is 3.91.